The smallest absolute Gasteiger partial charge is 0.0867 e. The predicted octanol–water partition coefficient (Wildman–Crippen LogP) is 3.92. The van der Waals surface area contributed by atoms with Gasteiger partial charge in [0.1, 0.15) is 0 Å². The first-order valence-electron chi connectivity index (χ1n) is 7.66. The number of piperidine rings is 1. The van der Waals surface area contributed by atoms with Gasteiger partial charge in [-0.2, -0.15) is 5.26 Å². The second-order valence-corrected chi connectivity index (χ2v) is 7.89. The molecule has 4 heteroatoms. The summed E-state index contributed by atoms with van der Waals surface area (Å²) in [5.74, 6) is 0. The summed E-state index contributed by atoms with van der Waals surface area (Å²) >= 11 is 6.09. The summed E-state index contributed by atoms with van der Waals surface area (Å²) in [7, 11) is 0. The topological polar surface area (TPSA) is 39.9 Å². The van der Waals surface area contributed by atoms with Gasteiger partial charge in [-0.15, -0.1) is 0 Å². The molecule has 2 saturated heterocycles. The average molecular weight is 304 g/mol. The zero-order valence-electron chi connectivity index (χ0n) is 12.9. The fraction of sp³-hybridized carbons (Fsp3) is 0.647. The highest BCUT2D eigenvalue weighted by Gasteiger charge is 2.52. The minimum atomic E-state index is -0.425. The van der Waals surface area contributed by atoms with Gasteiger partial charge in [0, 0.05) is 30.0 Å². The Morgan fingerprint density at radius 1 is 1.29 bits per heavy atom. The number of hydrogen-bond acceptors (Lipinski definition) is 3. The monoisotopic (exact) mass is 303 g/mol. The number of fused-ring (bicyclic) bond motifs is 2. The Labute approximate surface area is 131 Å². The molecule has 3 nitrogen and oxygen atoms in total. The quantitative estimate of drug-likeness (QED) is 0.789. The van der Waals surface area contributed by atoms with Crippen LogP contribution in [0.25, 0.3) is 0 Å². The van der Waals surface area contributed by atoms with Crippen molar-refractivity contribution in [1.82, 2.24) is 9.88 Å². The van der Waals surface area contributed by atoms with E-state index in [-0.39, 0.29) is 5.54 Å². The van der Waals surface area contributed by atoms with E-state index in [0.29, 0.717) is 17.1 Å². The molecule has 2 fully saturated rings. The van der Waals surface area contributed by atoms with Crippen LogP contribution in [0.15, 0.2) is 18.5 Å². The van der Waals surface area contributed by atoms with Gasteiger partial charge in [0.25, 0.3) is 0 Å². The summed E-state index contributed by atoms with van der Waals surface area (Å²) in [5, 5.41) is 10.5. The number of halogens is 1. The van der Waals surface area contributed by atoms with Crippen LogP contribution in [-0.4, -0.2) is 27.5 Å². The molecule has 0 aliphatic carbocycles. The molecule has 0 radical (unpaired) electrons. The van der Waals surface area contributed by atoms with E-state index in [4.69, 9.17) is 11.6 Å². The van der Waals surface area contributed by atoms with Crippen LogP contribution in [0.5, 0.6) is 0 Å². The Kier molecular flexibility index (Phi) is 3.50. The molecular formula is C17H22ClN3. The van der Waals surface area contributed by atoms with Crippen LogP contribution >= 0.6 is 11.6 Å². The third-order valence-electron chi connectivity index (χ3n) is 5.03. The largest absolute Gasteiger partial charge is 0.292 e. The molecule has 0 aromatic carbocycles. The maximum Gasteiger partial charge on any atom is 0.0867 e. The number of nitriles is 1. The highest BCUT2D eigenvalue weighted by atomic mass is 35.5. The Morgan fingerprint density at radius 2 is 1.90 bits per heavy atom. The number of pyridine rings is 1. The Balaban J connectivity index is 1.97. The second-order valence-electron chi connectivity index (χ2n) is 7.46. The summed E-state index contributed by atoms with van der Waals surface area (Å²) in [6.07, 6.45) is 7.62. The van der Waals surface area contributed by atoms with E-state index in [1.807, 2.05) is 12.3 Å². The summed E-state index contributed by atoms with van der Waals surface area (Å²) in [6.45, 7) is 6.83. The highest BCUT2D eigenvalue weighted by Crippen LogP contribution is 2.49. The molecular weight excluding hydrogens is 282 g/mol. The summed E-state index contributed by atoms with van der Waals surface area (Å²) in [6, 6.07) is 5.51. The lowest BCUT2D eigenvalue weighted by Crippen LogP contribution is -2.56. The fourth-order valence-corrected chi connectivity index (χ4v) is 4.58. The molecule has 2 aliphatic rings. The van der Waals surface area contributed by atoms with E-state index in [1.165, 1.54) is 12.8 Å². The lowest BCUT2D eigenvalue weighted by atomic mass is 9.70. The van der Waals surface area contributed by atoms with Crippen LogP contribution in [0.2, 0.25) is 5.02 Å². The maximum absolute atomic E-state index is 9.90. The van der Waals surface area contributed by atoms with Gasteiger partial charge in [0.2, 0.25) is 0 Å². The van der Waals surface area contributed by atoms with Crippen LogP contribution in [0.3, 0.4) is 0 Å². The Bertz CT molecular complexity index is 570. The molecule has 0 spiro atoms. The number of rotatable bonds is 1. The van der Waals surface area contributed by atoms with Gasteiger partial charge >= 0.3 is 0 Å². The molecule has 1 aromatic heterocycles. The van der Waals surface area contributed by atoms with Crippen molar-refractivity contribution in [3.8, 4) is 6.07 Å². The standard InChI is InChI=1S/C17H22ClN3/c1-16(2,3)21-14-4-5-15(21)8-17(7-14,11-19)12-6-13(18)10-20-9-12/h6,9-10,14-15H,4-5,7-8H2,1-3H3. The second kappa shape index (κ2) is 4.97. The van der Waals surface area contributed by atoms with Gasteiger partial charge in [0.15, 0.2) is 0 Å². The summed E-state index contributed by atoms with van der Waals surface area (Å²) in [4.78, 5) is 6.82. The van der Waals surface area contributed by atoms with Gasteiger partial charge in [0.05, 0.1) is 16.5 Å². The first-order chi connectivity index (χ1) is 9.86. The van der Waals surface area contributed by atoms with Gasteiger partial charge in [-0.25, -0.2) is 0 Å². The first kappa shape index (κ1) is 14.8. The van der Waals surface area contributed by atoms with Crippen molar-refractivity contribution in [3.63, 3.8) is 0 Å². The number of aromatic nitrogens is 1. The molecule has 2 unspecified atom stereocenters. The zero-order chi connectivity index (χ0) is 15.3. The van der Waals surface area contributed by atoms with Crippen molar-refractivity contribution in [3.05, 3.63) is 29.0 Å². The molecule has 2 atom stereocenters. The Hall–Kier alpha value is -1.11. The summed E-state index contributed by atoms with van der Waals surface area (Å²) < 4.78 is 0. The minimum Gasteiger partial charge on any atom is -0.292 e. The lowest BCUT2D eigenvalue weighted by molar-refractivity contribution is 0.0228. The van der Waals surface area contributed by atoms with Crippen molar-refractivity contribution < 1.29 is 0 Å². The van der Waals surface area contributed by atoms with E-state index < -0.39 is 5.41 Å². The minimum absolute atomic E-state index is 0.167. The van der Waals surface area contributed by atoms with Crippen molar-refractivity contribution in [2.24, 2.45) is 0 Å². The molecule has 2 aliphatic heterocycles. The number of hydrogen-bond donors (Lipinski definition) is 0. The molecule has 1 aromatic rings. The third-order valence-corrected chi connectivity index (χ3v) is 5.24. The van der Waals surface area contributed by atoms with E-state index in [2.05, 4.69) is 36.7 Å². The van der Waals surface area contributed by atoms with Crippen LogP contribution < -0.4 is 0 Å². The van der Waals surface area contributed by atoms with Crippen molar-refractivity contribution >= 4 is 11.6 Å². The van der Waals surface area contributed by atoms with Crippen LogP contribution in [0, 0.1) is 11.3 Å². The van der Waals surface area contributed by atoms with E-state index in [9.17, 15) is 5.26 Å². The number of nitrogens with zero attached hydrogens (tertiary/aromatic N) is 3. The third kappa shape index (κ3) is 2.45. The molecule has 3 rings (SSSR count). The van der Waals surface area contributed by atoms with Crippen molar-refractivity contribution in [2.45, 2.75) is 69.5 Å². The van der Waals surface area contributed by atoms with Gasteiger partial charge < -0.3 is 0 Å². The predicted molar refractivity (Wildman–Crippen MR) is 84.2 cm³/mol. The molecule has 21 heavy (non-hydrogen) atoms. The molecule has 2 bridgehead atoms. The van der Waals surface area contributed by atoms with Crippen LogP contribution in [0.4, 0.5) is 0 Å². The van der Waals surface area contributed by atoms with Crippen LogP contribution in [0.1, 0.15) is 52.0 Å². The van der Waals surface area contributed by atoms with E-state index >= 15 is 0 Å². The van der Waals surface area contributed by atoms with Crippen LogP contribution in [-0.2, 0) is 5.41 Å². The van der Waals surface area contributed by atoms with Gasteiger partial charge in [-0.1, -0.05) is 11.6 Å². The van der Waals surface area contributed by atoms with Crippen molar-refractivity contribution in [1.29, 1.82) is 5.26 Å². The molecule has 112 valence electrons. The maximum atomic E-state index is 9.90. The zero-order valence-corrected chi connectivity index (χ0v) is 13.7. The molecule has 3 heterocycles. The fourth-order valence-electron chi connectivity index (χ4n) is 4.41. The molecule has 0 saturated carbocycles. The van der Waals surface area contributed by atoms with Gasteiger partial charge in [-0.3, -0.25) is 9.88 Å². The summed E-state index contributed by atoms with van der Waals surface area (Å²) in [5.41, 5.74) is 0.730. The first-order valence-corrected chi connectivity index (χ1v) is 8.04. The van der Waals surface area contributed by atoms with Gasteiger partial charge in [-0.05, 0) is 58.1 Å². The lowest BCUT2D eigenvalue weighted by Gasteiger charge is -2.49. The molecule has 0 amide bonds. The average Bonchev–Trinajstić information content (AvgIpc) is 2.71. The van der Waals surface area contributed by atoms with E-state index in [0.717, 1.165) is 18.4 Å². The highest BCUT2D eigenvalue weighted by molar-refractivity contribution is 6.30. The SMILES string of the molecule is CC(C)(C)N1C2CCC1CC(C#N)(c1cncc(Cl)c1)C2. The van der Waals surface area contributed by atoms with E-state index in [1.54, 1.807) is 6.20 Å². The Morgan fingerprint density at radius 3 is 2.38 bits per heavy atom. The molecule has 0 N–H and O–H groups in total. The normalized spacial score (nSPS) is 32.9. The van der Waals surface area contributed by atoms with Crippen molar-refractivity contribution in [2.75, 3.05) is 0 Å².